The summed E-state index contributed by atoms with van der Waals surface area (Å²) in [7, 11) is 1.51. The summed E-state index contributed by atoms with van der Waals surface area (Å²) in [5, 5.41) is 19.9. The number of hydrogen-bond acceptors (Lipinski definition) is 7. The van der Waals surface area contributed by atoms with Gasteiger partial charge < -0.3 is 19.7 Å². The van der Waals surface area contributed by atoms with Gasteiger partial charge in [-0.15, -0.1) is 0 Å². The highest BCUT2D eigenvalue weighted by atomic mass is 16.5. The van der Waals surface area contributed by atoms with Crippen LogP contribution in [-0.2, 0) is 9.47 Å². The highest BCUT2D eigenvalue weighted by Gasteiger charge is 2.44. The topological polar surface area (TPSA) is 120 Å². The van der Waals surface area contributed by atoms with E-state index >= 15 is 0 Å². The Bertz CT molecular complexity index is 937. The lowest BCUT2D eigenvalue weighted by molar-refractivity contribution is -0.0490. The number of aromatic nitrogens is 2. The number of hydrogen-bond donors (Lipinski definition) is 2. The van der Waals surface area contributed by atoms with Gasteiger partial charge in [-0.25, -0.2) is 4.79 Å². The Kier molecular flexibility index (Phi) is 6.20. The number of benzene rings is 1. The second kappa shape index (κ2) is 8.61. The third-order valence-electron chi connectivity index (χ3n) is 4.84. The molecule has 1 aromatic carbocycles. The maximum atomic E-state index is 13.0. The molecule has 0 radical (unpaired) electrons. The Hall–Kier alpha value is -2.59. The van der Waals surface area contributed by atoms with Crippen molar-refractivity contribution in [1.82, 2.24) is 9.13 Å². The summed E-state index contributed by atoms with van der Waals surface area (Å²) in [6.45, 7) is -0.129. The van der Waals surface area contributed by atoms with Crippen molar-refractivity contribution < 1.29 is 24.5 Å². The number of aliphatic hydroxyl groups excluding tert-OH is 2. The molecular weight excluding hydrogens is 368 g/mol. The zero-order valence-electron chi connectivity index (χ0n) is 15.3. The lowest BCUT2D eigenvalue weighted by atomic mass is 9.96. The molecule has 1 aliphatic rings. The molecule has 28 heavy (non-hydrogen) atoms. The van der Waals surface area contributed by atoms with E-state index in [0.29, 0.717) is 17.6 Å². The molecule has 1 fully saturated rings. The van der Waals surface area contributed by atoms with Crippen molar-refractivity contribution in [3.63, 3.8) is 0 Å². The number of carbonyl (C=O) groups excluding carboxylic acids is 1. The normalized spacial score (nSPS) is 24.4. The van der Waals surface area contributed by atoms with Crippen LogP contribution in [-0.4, -0.2) is 57.8 Å². The molecule has 0 spiro atoms. The van der Waals surface area contributed by atoms with Gasteiger partial charge >= 0.3 is 5.69 Å². The fourth-order valence-corrected chi connectivity index (χ4v) is 3.38. The van der Waals surface area contributed by atoms with Gasteiger partial charge in [0.05, 0.1) is 12.7 Å². The van der Waals surface area contributed by atoms with Crippen LogP contribution in [0.5, 0.6) is 0 Å². The second-order valence-corrected chi connectivity index (χ2v) is 6.53. The first-order chi connectivity index (χ1) is 13.5. The molecule has 2 heterocycles. The van der Waals surface area contributed by atoms with E-state index in [4.69, 9.17) is 9.47 Å². The molecule has 0 amide bonds. The van der Waals surface area contributed by atoms with Crippen LogP contribution in [0, 0.1) is 5.92 Å². The molecule has 150 valence electrons. The molecule has 1 saturated heterocycles. The highest BCUT2D eigenvalue weighted by molar-refractivity contribution is 5.95. The van der Waals surface area contributed by atoms with Crippen LogP contribution >= 0.6 is 0 Å². The van der Waals surface area contributed by atoms with Gasteiger partial charge in [-0.3, -0.25) is 14.2 Å². The highest BCUT2D eigenvalue weighted by Crippen LogP contribution is 2.36. The van der Waals surface area contributed by atoms with Crippen molar-refractivity contribution in [3.05, 3.63) is 69.0 Å². The van der Waals surface area contributed by atoms with E-state index in [-0.39, 0.29) is 5.56 Å². The summed E-state index contributed by atoms with van der Waals surface area (Å²) >= 11 is 0. The van der Waals surface area contributed by atoms with Gasteiger partial charge in [0.2, 0.25) is 0 Å². The van der Waals surface area contributed by atoms with Gasteiger partial charge in [-0.1, -0.05) is 18.2 Å². The molecular formula is C19H22N2O7. The first kappa shape index (κ1) is 20.2. The minimum absolute atomic E-state index is 0.191. The SMILES string of the molecule is COCC[C@@H]1[C@H](O)[C@@H](CO)O[C@H]1n1ccc(=O)n(C(=O)c2ccccc2)c1=O. The average molecular weight is 390 g/mol. The van der Waals surface area contributed by atoms with Crippen LogP contribution in [0.2, 0.25) is 0 Å². The fraction of sp³-hybridized carbons (Fsp3) is 0.421. The van der Waals surface area contributed by atoms with Crippen LogP contribution in [0.3, 0.4) is 0 Å². The number of carbonyl (C=O) groups is 1. The van der Waals surface area contributed by atoms with Crippen molar-refractivity contribution in [2.24, 2.45) is 5.92 Å². The van der Waals surface area contributed by atoms with Gasteiger partial charge in [-0.2, -0.15) is 4.57 Å². The van der Waals surface area contributed by atoms with E-state index < -0.39 is 48.1 Å². The van der Waals surface area contributed by atoms with Crippen molar-refractivity contribution in [2.45, 2.75) is 24.9 Å². The molecule has 4 atom stereocenters. The monoisotopic (exact) mass is 390 g/mol. The summed E-state index contributed by atoms with van der Waals surface area (Å²) in [5.41, 5.74) is -1.45. The summed E-state index contributed by atoms with van der Waals surface area (Å²) in [6.07, 6.45) is -1.27. The molecule has 1 aromatic heterocycles. The van der Waals surface area contributed by atoms with Crippen LogP contribution in [0.4, 0.5) is 0 Å². The predicted octanol–water partition coefficient (Wildman–Crippen LogP) is -0.398. The third-order valence-corrected chi connectivity index (χ3v) is 4.84. The van der Waals surface area contributed by atoms with Crippen LogP contribution in [0.1, 0.15) is 23.0 Å². The second-order valence-electron chi connectivity index (χ2n) is 6.53. The Morgan fingerprint density at radius 1 is 1.21 bits per heavy atom. The van der Waals surface area contributed by atoms with E-state index in [0.717, 1.165) is 10.6 Å². The van der Waals surface area contributed by atoms with Crippen molar-refractivity contribution in [1.29, 1.82) is 0 Å². The molecule has 3 rings (SSSR count). The zero-order valence-corrected chi connectivity index (χ0v) is 15.3. The minimum Gasteiger partial charge on any atom is -0.394 e. The molecule has 9 nitrogen and oxygen atoms in total. The molecule has 0 bridgehead atoms. The van der Waals surface area contributed by atoms with Gasteiger partial charge in [-0.05, 0) is 18.6 Å². The molecule has 1 aliphatic heterocycles. The molecule has 0 saturated carbocycles. The quantitative estimate of drug-likeness (QED) is 0.689. The van der Waals surface area contributed by atoms with Crippen LogP contribution in [0.15, 0.2) is 52.2 Å². The number of nitrogens with zero attached hydrogens (tertiary/aromatic N) is 2. The Balaban J connectivity index is 2.04. The van der Waals surface area contributed by atoms with E-state index in [1.807, 2.05) is 0 Å². The minimum atomic E-state index is -1.03. The number of methoxy groups -OCH3 is 1. The lowest BCUT2D eigenvalue weighted by Gasteiger charge is -2.22. The molecule has 9 heteroatoms. The molecule has 2 N–H and O–H groups in total. The summed E-state index contributed by atoms with van der Waals surface area (Å²) in [5.74, 6) is -1.32. The first-order valence-electron chi connectivity index (χ1n) is 8.87. The summed E-state index contributed by atoms with van der Waals surface area (Å²) in [4.78, 5) is 37.9. The molecule has 0 aliphatic carbocycles. The van der Waals surface area contributed by atoms with Crippen LogP contribution in [0.25, 0.3) is 0 Å². The summed E-state index contributed by atoms with van der Waals surface area (Å²) < 4.78 is 12.3. The van der Waals surface area contributed by atoms with Crippen LogP contribution < -0.4 is 11.2 Å². The zero-order chi connectivity index (χ0) is 20.3. The Morgan fingerprint density at radius 2 is 1.93 bits per heavy atom. The molecule has 0 unspecified atom stereocenters. The maximum absolute atomic E-state index is 13.0. The predicted molar refractivity (Wildman–Crippen MR) is 98.1 cm³/mol. The third kappa shape index (κ3) is 3.69. The van der Waals surface area contributed by atoms with E-state index in [1.54, 1.807) is 18.2 Å². The van der Waals surface area contributed by atoms with Crippen molar-refractivity contribution in [2.75, 3.05) is 20.3 Å². The van der Waals surface area contributed by atoms with Gasteiger partial charge in [0.1, 0.15) is 12.3 Å². The smallest absolute Gasteiger partial charge is 0.340 e. The number of ether oxygens (including phenoxy) is 2. The maximum Gasteiger partial charge on any atom is 0.340 e. The van der Waals surface area contributed by atoms with Gasteiger partial charge in [0.15, 0.2) is 0 Å². The van der Waals surface area contributed by atoms with Crippen molar-refractivity contribution in [3.8, 4) is 0 Å². The van der Waals surface area contributed by atoms with Gasteiger partial charge in [0.25, 0.3) is 11.5 Å². The van der Waals surface area contributed by atoms with Crippen molar-refractivity contribution >= 4 is 5.91 Å². The molecule has 2 aromatic rings. The number of aliphatic hydroxyl groups is 2. The standard InChI is InChI=1S/C19H22N2O7/c1-27-10-8-13-16(24)14(11-22)28-18(13)20-9-7-15(23)21(19(20)26)17(25)12-5-3-2-4-6-12/h2-7,9,13-14,16,18,22,24H,8,10-11H2,1H3/t13-,14-,16+,18-/m1/s1. The summed E-state index contributed by atoms with van der Waals surface area (Å²) in [6, 6.07) is 9.07. The fourth-order valence-electron chi connectivity index (χ4n) is 3.38. The van der Waals surface area contributed by atoms with Gasteiger partial charge in [0, 0.05) is 37.5 Å². The van der Waals surface area contributed by atoms with E-state index in [9.17, 15) is 24.6 Å². The first-order valence-corrected chi connectivity index (χ1v) is 8.87. The van der Waals surface area contributed by atoms with E-state index in [2.05, 4.69) is 0 Å². The Morgan fingerprint density at radius 3 is 2.57 bits per heavy atom. The average Bonchev–Trinajstić information content (AvgIpc) is 3.02. The van der Waals surface area contributed by atoms with E-state index in [1.165, 1.54) is 25.4 Å². The Labute approximate surface area is 160 Å². The lowest BCUT2D eigenvalue weighted by Crippen LogP contribution is -2.45. The largest absolute Gasteiger partial charge is 0.394 e. The number of rotatable bonds is 6.